The first-order valence-corrected chi connectivity index (χ1v) is 17.0. The van der Waals surface area contributed by atoms with E-state index in [4.69, 9.17) is 9.47 Å². The second kappa shape index (κ2) is 15.5. The quantitative estimate of drug-likeness (QED) is 0.0776. The fraction of sp³-hybridized carbons (Fsp3) is 0.163. The first-order valence-electron chi connectivity index (χ1n) is 17.0. The Morgan fingerprint density at radius 1 is 0.643 bits per heavy atom. The Labute approximate surface area is 315 Å². The second-order valence-electron chi connectivity index (χ2n) is 13.3. The summed E-state index contributed by atoms with van der Waals surface area (Å²) in [6, 6.07) is 21.7. The van der Waals surface area contributed by atoms with Crippen molar-refractivity contribution in [2.75, 3.05) is 0 Å². The molecule has 0 saturated heterocycles. The molecule has 2 atom stereocenters. The summed E-state index contributed by atoms with van der Waals surface area (Å²) >= 11 is 0. The van der Waals surface area contributed by atoms with E-state index in [9.17, 15) is 32.3 Å². The minimum Gasteiger partial charge on any atom is -0.508 e. The molecule has 0 spiro atoms. The third-order valence-corrected chi connectivity index (χ3v) is 9.45. The van der Waals surface area contributed by atoms with E-state index in [-0.39, 0.29) is 40.5 Å². The van der Waals surface area contributed by atoms with Gasteiger partial charge in [0.2, 0.25) is 17.4 Å². The number of halogens is 8. The van der Waals surface area contributed by atoms with Crippen LogP contribution in [0.1, 0.15) is 64.6 Å². The number of rotatable bonds is 12. The van der Waals surface area contributed by atoms with Gasteiger partial charge in [-0.2, -0.15) is 8.78 Å². The van der Waals surface area contributed by atoms with Crippen LogP contribution in [0, 0.1) is 23.3 Å². The number of ether oxygens (including phenoxy) is 2. The standard InChI is InChI=1S/C43H30F8O5/c1-4-29(44)30-33(45)31(35(47)34(30)46)40(53)21-5-15-26(16-6-21)55-27-17-7-22(8-18-27)41(54)32-36(48)38(50)42(39(51)37(32)49)56-28-19-11-24(12-20-28)43(2,3)23-9-13-25(52)14-10-23/h5-20,29,33,52H,4H2,1-3H3. The predicted octanol–water partition coefficient (Wildman–Crippen LogP) is 11.8. The highest BCUT2D eigenvalue weighted by Gasteiger charge is 2.42. The minimum absolute atomic E-state index is 0.0537. The maximum atomic E-state index is 15.2. The number of carbonyl (C=O) groups excluding carboxylic acids is 2. The molecular formula is C43H30F8O5. The molecule has 2 unspecified atom stereocenters. The van der Waals surface area contributed by atoms with Gasteiger partial charge in [-0.05, 0) is 90.3 Å². The largest absolute Gasteiger partial charge is 0.508 e. The smallest absolute Gasteiger partial charge is 0.205 e. The van der Waals surface area contributed by atoms with Crippen LogP contribution in [-0.4, -0.2) is 29.0 Å². The van der Waals surface area contributed by atoms with Crippen LogP contribution in [0.15, 0.2) is 120 Å². The van der Waals surface area contributed by atoms with Gasteiger partial charge in [0.1, 0.15) is 34.7 Å². The summed E-state index contributed by atoms with van der Waals surface area (Å²) in [5.41, 5.74) is -3.33. The van der Waals surface area contributed by atoms with Gasteiger partial charge in [0.05, 0.1) is 5.57 Å². The van der Waals surface area contributed by atoms with Gasteiger partial charge in [-0.1, -0.05) is 45.0 Å². The van der Waals surface area contributed by atoms with Crippen molar-refractivity contribution in [1.29, 1.82) is 0 Å². The van der Waals surface area contributed by atoms with Crippen molar-refractivity contribution in [3.05, 3.63) is 171 Å². The predicted molar refractivity (Wildman–Crippen MR) is 190 cm³/mol. The van der Waals surface area contributed by atoms with Gasteiger partial charge in [-0.3, -0.25) is 9.59 Å². The van der Waals surface area contributed by atoms with Gasteiger partial charge >= 0.3 is 0 Å². The van der Waals surface area contributed by atoms with Crippen LogP contribution < -0.4 is 9.47 Å². The summed E-state index contributed by atoms with van der Waals surface area (Å²) in [7, 11) is 0. The monoisotopic (exact) mass is 778 g/mol. The van der Waals surface area contributed by atoms with Gasteiger partial charge in [-0.15, -0.1) is 0 Å². The van der Waals surface area contributed by atoms with Crippen LogP contribution in [0.4, 0.5) is 35.1 Å². The number of carbonyl (C=O) groups is 2. The molecule has 6 rings (SSSR count). The lowest BCUT2D eigenvalue weighted by Crippen LogP contribution is -2.19. The summed E-state index contributed by atoms with van der Waals surface area (Å²) in [5, 5.41) is 9.60. The Bertz CT molecular complexity index is 2360. The molecule has 1 aliphatic carbocycles. The van der Waals surface area contributed by atoms with E-state index < -0.39 is 86.7 Å². The number of phenolic OH excluding ortho intramolecular Hbond substituents is 1. The van der Waals surface area contributed by atoms with Gasteiger partial charge < -0.3 is 14.6 Å². The lowest BCUT2D eigenvalue weighted by molar-refractivity contribution is 0.101. The number of Topliss-reactive ketones (excluding diaryl/α,β-unsaturated/α-hetero) is 1. The van der Waals surface area contributed by atoms with Crippen molar-refractivity contribution in [3.63, 3.8) is 0 Å². The molecule has 1 aliphatic rings. The molecule has 0 aliphatic heterocycles. The zero-order chi connectivity index (χ0) is 40.6. The molecule has 5 aromatic rings. The van der Waals surface area contributed by atoms with Crippen molar-refractivity contribution in [1.82, 2.24) is 0 Å². The molecule has 5 aromatic carbocycles. The summed E-state index contributed by atoms with van der Waals surface area (Å²) in [6.45, 7) is 5.12. The van der Waals surface area contributed by atoms with E-state index in [1.54, 1.807) is 24.3 Å². The number of ketones is 2. The van der Waals surface area contributed by atoms with Gasteiger partial charge in [0.15, 0.2) is 41.0 Å². The molecule has 0 aromatic heterocycles. The van der Waals surface area contributed by atoms with E-state index in [2.05, 4.69) is 0 Å². The summed E-state index contributed by atoms with van der Waals surface area (Å²) in [6.07, 6.45) is -5.04. The van der Waals surface area contributed by atoms with E-state index in [0.717, 1.165) is 35.4 Å². The van der Waals surface area contributed by atoms with E-state index in [1.807, 2.05) is 13.8 Å². The van der Waals surface area contributed by atoms with Crippen molar-refractivity contribution < 1.29 is 59.3 Å². The van der Waals surface area contributed by atoms with E-state index in [0.29, 0.717) is 0 Å². The lowest BCUT2D eigenvalue weighted by Gasteiger charge is -2.26. The molecule has 13 heteroatoms. The molecular weight excluding hydrogens is 748 g/mol. The molecule has 5 nitrogen and oxygen atoms in total. The summed E-state index contributed by atoms with van der Waals surface area (Å²) in [5.74, 6) is -15.3. The van der Waals surface area contributed by atoms with Crippen LogP contribution in [0.5, 0.6) is 28.7 Å². The molecule has 0 radical (unpaired) electrons. The Morgan fingerprint density at radius 3 is 1.55 bits per heavy atom. The van der Waals surface area contributed by atoms with Crippen LogP contribution in [0.2, 0.25) is 0 Å². The Hall–Kier alpha value is -6.24. The average Bonchev–Trinajstić information content (AvgIpc) is 3.42. The third kappa shape index (κ3) is 7.28. The van der Waals surface area contributed by atoms with Gasteiger partial charge in [0, 0.05) is 22.1 Å². The first kappa shape index (κ1) is 39.5. The maximum Gasteiger partial charge on any atom is 0.205 e. The third-order valence-electron chi connectivity index (χ3n) is 9.45. The molecule has 0 heterocycles. The Kier molecular flexibility index (Phi) is 10.9. The Morgan fingerprint density at radius 2 is 1.07 bits per heavy atom. The van der Waals surface area contributed by atoms with E-state index >= 15 is 17.6 Å². The number of benzene rings is 5. The zero-order valence-corrected chi connectivity index (χ0v) is 29.7. The van der Waals surface area contributed by atoms with Crippen molar-refractivity contribution >= 4 is 11.6 Å². The number of aromatic hydroxyl groups is 1. The van der Waals surface area contributed by atoms with Crippen LogP contribution in [0.3, 0.4) is 0 Å². The van der Waals surface area contributed by atoms with Crippen molar-refractivity contribution in [2.45, 2.75) is 45.0 Å². The number of alkyl halides is 2. The molecule has 1 N–H and O–H groups in total. The summed E-state index contributed by atoms with van der Waals surface area (Å²) in [4.78, 5) is 25.9. The number of hydrogen-bond donors (Lipinski definition) is 1. The Balaban J connectivity index is 1.14. The highest BCUT2D eigenvalue weighted by molar-refractivity contribution is 6.11. The highest BCUT2D eigenvalue weighted by Crippen LogP contribution is 2.42. The summed E-state index contributed by atoms with van der Waals surface area (Å²) < 4.78 is 129. The fourth-order valence-electron chi connectivity index (χ4n) is 6.14. The molecule has 56 heavy (non-hydrogen) atoms. The van der Waals surface area contributed by atoms with Crippen LogP contribution in [-0.2, 0) is 5.41 Å². The lowest BCUT2D eigenvalue weighted by atomic mass is 9.78. The second-order valence-corrected chi connectivity index (χ2v) is 13.3. The van der Waals surface area contributed by atoms with Crippen LogP contribution in [0.25, 0.3) is 0 Å². The fourth-order valence-corrected chi connectivity index (χ4v) is 6.14. The average molecular weight is 779 g/mol. The van der Waals surface area contributed by atoms with Gasteiger partial charge in [-0.25, -0.2) is 26.3 Å². The highest BCUT2D eigenvalue weighted by atomic mass is 19.2. The molecule has 0 fully saturated rings. The molecule has 0 saturated carbocycles. The normalized spacial score (nSPS) is 14.9. The number of allylic oxidation sites excluding steroid dienone is 4. The molecule has 0 bridgehead atoms. The van der Waals surface area contributed by atoms with Gasteiger partial charge in [0.25, 0.3) is 0 Å². The maximum absolute atomic E-state index is 15.2. The topological polar surface area (TPSA) is 72.8 Å². The molecule has 288 valence electrons. The van der Waals surface area contributed by atoms with Crippen LogP contribution >= 0.6 is 0 Å². The SMILES string of the molecule is CCC(F)C1=C(F)C(F)=C(C(=O)c2ccc(Oc3ccc(C(=O)c4c(F)c(F)c(Oc5ccc(C(C)(C)c6ccc(O)cc6)cc5)c(F)c4F)cc3)cc2)C1F. The minimum atomic E-state index is -2.60. The van der Waals surface area contributed by atoms with Crippen molar-refractivity contribution in [2.24, 2.45) is 0 Å². The first-order chi connectivity index (χ1) is 26.5. The number of phenols is 1. The number of hydrogen-bond acceptors (Lipinski definition) is 5. The van der Waals surface area contributed by atoms with Crippen molar-refractivity contribution in [3.8, 4) is 28.7 Å². The van der Waals surface area contributed by atoms with E-state index in [1.165, 1.54) is 55.5 Å². The molecule has 0 amide bonds. The zero-order valence-electron chi connectivity index (χ0n) is 29.7.